The first-order valence-electron chi connectivity index (χ1n) is 3.85. The van der Waals surface area contributed by atoms with Gasteiger partial charge < -0.3 is 10.5 Å². The van der Waals surface area contributed by atoms with E-state index in [1.54, 1.807) is 7.05 Å². The molecule has 0 unspecified atom stereocenters. The molecule has 0 atom stereocenters. The minimum atomic E-state index is 0.317. The highest BCUT2D eigenvalue weighted by atomic mass is 16.5. The molecule has 0 aliphatic carbocycles. The molecule has 0 saturated carbocycles. The molecule has 6 nitrogen and oxygen atoms in total. The normalized spacial score (nSPS) is 19.5. The maximum absolute atomic E-state index is 5.52. The molecule has 1 aliphatic heterocycles. The average molecular weight is 173 g/mol. The number of hydrazone groups is 1. The zero-order valence-electron chi connectivity index (χ0n) is 7.23. The quantitative estimate of drug-likeness (QED) is 0.215. The Balaban J connectivity index is 2.41. The fraction of sp³-hybridized carbons (Fsp3) is 0.833. The van der Waals surface area contributed by atoms with E-state index in [-0.39, 0.29) is 0 Å². The average Bonchev–Trinajstić information content (AvgIpc) is 2.06. The Morgan fingerprint density at radius 2 is 2.08 bits per heavy atom. The van der Waals surface area contributed by atoms with Crippen molar-refractivity contribution in [1.29, 1.82) is 0 Å². The van der Waals surface area contributed by atoms with Gasteiger partial charge in [-0.1, -0.05) is 0 Å². The number of hydrazine groups is 1. The van der Waals surface area contributed by atoms with Crippen molar-refractivity contribution in [3.8, 4) is 0 Å². The van der Waals surface area contributed by atoms with Crippen LogP contribution in [0.3, 0.4) is 0 Å². The largest absolute Gasteiger partial charge is 0.378 e. The molecule has 1 aliphatic rings. The Bertz CT molecular complexity index is 163. The van der Waals surface area contributed by atoms with Crippen molar-refractivity contribution in [3.05, 3.63) is 0 Å². The van der Waals surface area contributed by atoms with Crippen LogP contribution in [0.4, 0.5) is 0 Å². The van der Waals surface area contributed by atoms with Gasteiger partial charge >= 0.3 is 0 Å². The predicted molar refractivity (Wildman–Crippen MR) is 46.0 cm³/mol. The second-order valence-electron chi connectivity index (χ2n) is 2.64. The van der Waals surface area contributed by atoms with Crippen LogP contribution in [-0.4, -0.2) is 49.3 Å². The smallest absolute Gasteiger partial charge is 0.227 e. The van der Waals surface area contributed by atoms with E-state index in [1.807, 2.05) is 5.01 Å². The zero-order chi connectivity index (χ0) is 8.97. The first-order chi connectivity index (χ1) is 5.70. The lowest BCUT2D eigenvalue weighted by atomic mass is 10.5. The van der Waals surface area contributed by atoms with Gasteiger partial charge in [0.1, 0.15) is 0 Å². The topological polar surface area (TPSA) is 80.1 Å². The number of rotatable bonds is 1. The molecule has 1 heterocycles. The van der Waals surface area contributed by atoms with Crippen molar-refractivity contribution in [2.24, 2.45) is 16.7 Å². The van der Waals surface area contributed by atoms with E-state index >= 15 is 0 Å². The lowest BCUT2D eigenvalue weighted by molar-refractivity contribution is 0.0386. The molecule has 0 bridgehead atoms. The Labute approximate surface area is 71.7 Å². The van der Waals surface area contributed by atoms with E-state index < -0.39 is 0 Å². The fourth-order valence-electron chi connectivity index (χ4n) is 0.869. The van der Waals surface area contributed by atoms with Gasteiger partial charge in [-0.3, -0.25) is 10.0 Å². The molecule has 0 amide bonds. The van der Waals surface area contributed by atoms with E-state index in [9.17, 15) is 0 Å². The van der Waals surface area contributed by atoms with Gasteiger partial charge in [-0.05, 0) is 0 Å². The third kappa shape index (κ3) is 2.55. The van der Waals surface area contributed by atoms with E-state index in [0.717, 1.165) is 13.1 Å². The molecule has 0 aromatic carbocycles. The maximum Gasteiger partial charge on any atom is 0.227 e. The minimum Gasteiger partial charge on any atom is -0.378 e. The van der Waals surface area contributed by atoms with Gasteiger partial charge in [-0.25, -0.2) is 5.84 Å². The first-order valence-corrected chi connectivity index (χ1v) is 3.85. The summed E-state index contributed by atoms with van der Waals surface area (Å²) in [6.07, 6.45) is 0. The van der Waals surface area contributed by atoms with Gasteiger partial charge in [0.2, 0.25) is 5.96 Å². The van der Waals surface area contributed by atoms with Crippen LogP contribution in [0.25, 0.3) is 0 Å². The van der Waals surface area contributed by atoms with E-state index in [1.165, 1.54) is 5.01 Å². The van der Waals surface area contributed by atoms with Crippen molar-refractivity contribution in [2.75, 3.05) is 33.4 Å². The van der Waals surface area contributed by atoms with Gasteiger partial charge in [-0.15, -0.1) is 5.10 Å². The molecule has 0 aromatic rings. The second-order valence-corrected chi connectivity index (χ2v) is 2.64. The number of nitrogens with zero attached hydrogens (tertiary/aromatic N) is 3. The molecular weight excluding hydrogens is 158 g/mol. The minimum absolute atomic E-state index is 0.317. The standard InChI is InChI=1S/C6H15N5O/c1-10(8)6(7)9-11-2-4-12-5-3-11/h2-5,8H2,1H3,(H2,7,9). The summed E-state index contributed by atoms with van der Waals surface area (Å²) in [7, 11) is 1.65. The molecule has 1 fully saturated rings. The molecule has 1 rings (SSSR count). The van der Waals surface area contributed by atoms with Crippen molar-refractivity contribution < 1.29 is 4.74 Å². The molecule has 12 heavy (non-hydrogen) atoms. The Morgan fingerprint density at radius 3 is 2.58 bits per heavy atom. The zero-order valence-corrected chi connectivity index (χ0v) is 7.23. The van der Waals surface area contributed by atoms with E-state index in [2.05, 4.69) is 5.10 Å². The van der Waals surface area contributed by atoms with Gasteiger partial charge in [0, 0.05) is 7.05 Å². The highest BCUT2D eigenvalue weighted by molar-refractivity contribution is 5.76. The van der Waals surface area contributed by atoms with Crippen LogP contribution in [0.15, 0.2) is 5.10 Å². The lowest BCUT2D eigenvalue weighted by Gasteiger charge is -2.25. The first kappa shape index (κ1) is 9.08. The molecule has 0 aromatic heterocycles. The molecule has 0 radical (unpaired) electrons. The fourth-order valence-corrected chi connectivity index (χ4v) is 0.869. The summed E-state index contributed by atoms with van der Waals surface area (Å²) in [6, 6.07) is 0. The summed E-state index contributed by atoms with van der Waals surface area (Å²) in [4.78, 5) is 0. The second kappa shape index (κ2) is 4.13. The van der Waals surface area contributed by atoms with Crippen molar-refractivity contribution >= 4 is 5.96 Å². The number of hydrogen-bond acceptors (Lipinski definition) is 4. The number of ether oxygens (including phenoxy) is 1. The lowest BCUT2D eigenvalue weighted by Crippen LogP contribution is -2.43. The Hall–Kier alpha value is -1.01. The third-order valence-electron chi connectivity index (χ3n) is 1.59. The highest BCUT2D eigenvalue weighted by Gasteiger charge is 2.08. The van der Waals surface area contributed by atoms with Gasteiger partial charge in [-0.2, -0.15) is 0 Å². The number of guanidine groups is 1. The third-order valence-corrected chi connectivity index (χ3v) is 1.59. The summed E-state index contributed by atoms with van der Waals surface area (Å²) < 4.78 is 5.15. The number of nitrogens with two attached hydrogens (primary N) is 2. The van der Waals surface area contributed by atoms with Crippen LogP contribution in [0, 0.1) is 0 Å². The Kier molecular flexibility index (Phi) is 3.12. The van der Waals surface area contributed by atoms with Crippen LogP contribution in [0.2, 0.25) is 0 Å². The summed E-state index contributed by atoms with van der Waals surface area (Å²) in [5, 5.41) is 7.22. The highest BCUT2D eigenvalue weighted by Crippen LogP contribution is 1.96. The van der Waals surface area contributed by atoms with Gasteiger partial charge in [0.05, 0.1) is 26.3 Å². The van der Waals surface area contributed by atoms with Crippen LogP contribution >= 0.6 is 0 Å². The van der Waals surface area contributed by atoms with E-state index in [0.29, 0.717) is 19.2 Å². The van der Waals surface area contributed by atoms with Crippen LogP contribution in [-0.2, 0) is 4.74 Å². The summed E-state index contributed by atoms with van der Waals surface area (Å²) in [6.45, 7) is 2.94. The SMILES string of the molecule is CN(N)C(N)=NN1CCOCC1. The van der Waals surface area contributed by atoms with Crippen LogP contribution < -0.4 is 11.6 Å². The van der Waals surface area contributed by atoms with Gasteiger partial charge in [0.25, 0.3) is 0 Å². The molecule has 0 spiro atoms. The molecule has 6 heteroatoms. The summed E-state index contributed by atoms with van der Waals surface area (Å²) in [5.74, 6) is 5.69. The molecular formula is C6H15N5O. The van der Waals surface area contributed by atoms with Crippen molar-refractivity contribution in [2.45, 2.75) is 0 Å². The molecule has 1 saturated heterocycles. The van der Waals surface area contributed by atoms with Crippen LogP contribution in [0.1, 0.15) is 0 Å². The molecule has 70 valence electrons. The van der Waals surface area contributed by atoms with E-state index in [4.69, 9.17) is 16.3 Å². The summed E-state index contributed by atoms with van der Waals surface area (Å²) >= 11 is 0. The van der Waals surface area contributed by atoms with Crippen LogP contribution in [0.5, 0.6) is 0 Å². The van der Waals surface area contributed by atoms with Crippen molar-refractivity contribution in [1.82, 2.24) is 10.0 Å². The summed E-state index contributed by atoms with van der Waals surface area (Å²) in [5.41, 5.74) is 5.52. The number of morpholine rings is 1. The van der Waals surface area contributed by atoms with Gasteiger partial charge in [0.15, 0.2) is 0 Å². The maximum atomic E-state index is 5.52. The Morgan fingerprint density at radius 1 is 1.50 bits per heavy atom. The monoisotopic (exact) mass is 173 g/mol. The predicted octanol–water partition coefficient (Wildman–Crippen LogP) is -1.65. The van der Waals surface area contributed by atoms with Crippen molar-refractivity contribution in [3.63, 3.8) is 0 Å². The number of hydrogen-bond donors (Lipinski definition) is 2. The molecule has 4 N–H and O–H groups in total.